The highest BCUT2D eigenvalue weighted by molar-refractivity contribution is 5.21. The number of epoxide rings is 1. The normalized spacial score (nSPS) is 71.9. The van der Waals surface area contributed by atoms with E-state index in [-0.39, 0.29) is 0 Å². The van der Waals surface area contributed by atoms with Crippen LogP contribution in [0.15, 0.2) is 12.7 Å². The maximum Gasteiger partial charge on any atom is 0.0875 e. The number of ether oxygens (including phenoxy) is 1. The summed E-state index contributed by atoms with van der Waals surface area (Å²) in [7, 11) is 0. The molecule has 1 nitrogen and oxygen atoms in total. The summed E-state index contributed by atoms with van der Waals surface area (Å²) in [6.45, 7) is 4.04. The first-order chi connectivity index (χ1) is 7.38. The Labute approximate surface area is 90.9 Å². The molecular weight excluding hydrogens is 184 g/mol. The predicted octanol–water partition coefficient (Wildman–Crippen LogP) is 2.48. The summed E-state index contributed by atoms with van der Waals surface area (Å²) >= 11 is 0. The van der Waals surface area contributed by atoms with Gasteiger partial charge in [0.25, 0.3) is 0 Å². The Morgan fingerprint density at radius 3 is 2.53 bits per heavy atom. The molecule has 5 fully saturated rings. The molecule has 0 amide bonds. The molecule has 0 radical (unpaired) electrons. The quantitative estimate of drug-likeness (QED) is 0.361. The summed E-state index contributed by atoms with van der Waals surface area (Å²) in [5.41, 5.74) is 0. The lowest BCUT2D eigenvalue weighted by atomic mass is 9.67. The molecule has 1 aliphatic heterocycles. The molecule has 0 spiro atoms. The summed E-state index contributed by atoms with van der Waals surface area (Å²) in [6, 6.07) is 0. The molecule has 0 aromatic rings. The van der Waals surface area contributed by atoms with Crippen molar-refractivity contribution in [3.8, 4) is 0 Å². The van der Waals surface area contributed by atoms with Crippen LogP contribution in [0.2, 0.25) is 0 Å². The molecule has 1 saturated heterocycles. The van der Waals surface area contributed by atoms with Gasteiger partial charge in [-0.05, 0) is 60.7 Å². The third kappa shape index (κ3) is 0.702. The number of rotatable bonds is 1. The average Bonchev–Trinajstić information content (AvgIpc) is 2.69. The van der Waals surface area contributed by atoms with Gasteiger partial charge in [0, 0.05) is 0 Å². The van der Waals surface area contributed by atoms with Gasteiger partial charge < -0.3 is 4.74 Å². The molecule has 1 heterocycles. The van der Waals surface area contributed by atoms with Gasteiger partial charge in [-0.15, -0.1) is 6.58 Å². The van der Waals surface area contributed by atoms with E-state index in [0.29, 0.717) is 6.10 Å². The van der Waals surface area contributed by atoms with Crippen molar-refractivity contribution in [1.29, 1.82) is 0 Å². The average molecular weight is 202 g/mol. The van der Waals surface area contributed by atoms with Crippen LogP contribution >= 0.6 is 0 Å². The number of hydrogen-bond acceptors (Lipinski definition) is 1. The van der Waals surface area contributed by atoms with Crippen molar-refractivity contribution in [2.24, 2.45) is 41.4 Å². The minimum absolute atomic E-state index is 0.709. The second-order valence-electron chi connectivity index (χ2n) is 6.58. The van der Waals surface area contributed by atoms with Crippen molar-refractivity contribution in [3.05, 3.63) is 12.7 Å². The van der Waals surface area contributed by atoms with E-state index >= 15 is 0 Å². The molecule has 1 heteroatoms. The zero-order valence-corrected chi connectivity index (χ0v) is 9.01. The van der Waals surface area contributed by atoms with Crippen LogP contribution in [0.3, 0.4) is 0 Å². The van der Waals surface area contributed by atoms with Crippen molar-refractivity contribution >= 4 is 0 Å². The zero-order valence-electron chi connectivity index (χ0n) is 9.01. The highest BCUT2D eigenvalue weighted by Crippen LogP contribution is 2.72. The van der Waals surface area contributed by atoms with Crippen molar-refractivity contribution in [2.75, 3.05) is 0 Å². The van der Waals surface area contributed by atoms with Crippen LogP contribution in [0.4, 0.5) is 0 Å². The van der Waals surface area contributed by atoms with Gasteiger partial charge in [0.2, 0.25) is 0 Å². The van der Waals surface area contributed by atoms with E-state index in [2.05, 4.69) is 12.7 Å². The third-order valence-electron chi connectivity index (χ3n) is 6.42. The van der Waals surface area contributed by atoms with E-state index in [0.717, 1.165) is 47.5 Å². The molecule has 15 heavy (non-hydrogen) atoms. The molecular formula is C14H18O. The minimum Gasteiger partial charge on any atom is -0.369 e. The second kappa shape index (κ2) is 2.20. The molecule has 4 bridgehead atoms. The van der Waals surface area contributed by atoms with Crippen LogP contribution in [0.5, 0.6) is 0 Å². The van der Waals surface area contributed by atoms with E-state index in [1.54, 1.807) is 0 Å². The highest BCUT2D eigenvalue weighted by Gasteiger charge is 2.73. The molecule has 5 aliphatic rings. The van der Waals surface area contributed by atoms with E-state index in [4.69, 9.17) is 4.74 Å². The Bertz CT molecular complexity index is 349. The fourth-order valence-corrected chi connectivity index (χ4v) is 6.17. The van der Waals surface area contributed by atoms with Crippen molar-refractivity contribution in [1.82, 2.24) is 0 Å². The molecule has 4 aliphatic carbocycles. The van der Waals surface area contributed by atoms with Crippen LogP contribution in [0.1, 0.15) is 19.3 Å². The summed E-state index contributed by atoms with van der Waals surface area (Å²) in [5.74, 6) is 6.95. The van der Waals surface area contributed by atoms with Crippen molar-refractivity contribution < 1.29 is 4.74 Å². The Hall–Kier alpha value is -0.300. The topological polar surface area (TPSA) is 12.5 Å². The Kier molecular flexibility index (Phi) is 1.16. The lowest BCUT2D eigenvalue weighted by molar-refractivity contribution is 0.138. The lowest BCUT2D eigenvalue weighted by Gasteiger charge is -2.36. The molecule has 0 aromatic heterocycles. The van der Waals surface area contributed by atoms with Crippen molar-refractivity contribution in [3.63, 3.8) is 0 Å². The van der Waals surface area contributed by atoms with Gasteiger partial charge in [0.15, 0.2) is 0 Å². The van der Waals surface area contributed by atoms with Crippen molar-refractivity contribution in [2.45, 2.75) is 31.5 Å². The molecule has 5 rings (SSSR count). The number of hydrogen-bond donors (Lipinski definition) is 0. The predicted molar refractivity (Wildman–Crippen MR) is 57.1 cm³/mol. The maximum atomic E-state index is 5.84. The van der Waals surface area contributed by atoms with E-state index in [9.17, 15) is 0 Å². The molecule has 80 valence electrons. The van der Waals surface area contributed by atoms with Gasteiger partial charge in [-0.25, -0.2) is 0 Å². The minimum atomic E-state index is 0.709. The molecule has 0 aromatic carbocycles. The number of allylic oxidation sites excluding steroid dienone is 1. The monoisotopic (exact) mass is 202 g/mol. The van der Waals surface area contributed by atoms with Gasteiger partial charge in [0.1, 0.15) is 0 Å². The van der Waals surface area contributed by atoms with E-state index in [1.165, 1.54) is 19.3 Å². The van der Waals surface area contributed by atoms with Crippen LogP contribution < -0.4 is 0 Å². The fourth-order valence-electron chi connectivity index (χ4n) is 6.17. The first-order valence-electron chi connectivity index (χ1n) is 6.66. The smallest absolute Gasteiger partial charge is 0.0875 e. The molecule has 0 N–H and O–H groups in total. The Balaban J connectivity index is 1.58. The standard InChI is InChI=1S/C14H18O/c1-2-6-3-7-4-8(6)12-10-5-9(11(7)12)13-14(10)15-13/h2,6-14H,1,3-5H2/t6-,7+,8+,9+,10+,11+,12+,13-,14-/m1/s1. The largest absolute Gasteiger partial charge is 0.369 e. The fraction of sp³-hybridized carbons (Fsp3) is 0.857. The molecule has 0 unspecified atom stereocenters. The lowest BCUT2D eigenvalue weighted by Crippen LogP contribution is -2.35. The second-order valence-corrected chi connectivity index (χ2v) is 6.58. The van der Waals surface area contributed by atoms with Crippen LogP contribution in [0.25, 0.3) is 0 Å². The Morgan fingerprint density at radius 2 is 1.73 bits per heavy atom. The summed E-state index contributed by atoms with van der Waals surface area (Å²) < 4.78 is 5.84. The van der Waals surface area contributed by atoms with Gasteiger partial charge in [-0.2, -0.15) is 0 Å². The van der Waals surface area contributed by atoms with Crippen LogP contribution in [-0.2, 0) is 4.74 Å². The summed E-state index contributed by atoms with van der Waals surface area (Å²) in [4.78, 5) is 0. The molecule has 9 atom stereocenters. The van der Waals surface area contributed by atoms with Gasteiger partial charge in [0.05, 0.1) is 12.2 Å². The highest BCUT2D eigenvalue weighted by atomic mass is 16.6. The SMILES string of the molecule is C=C[C@@H]1C[C@H]2C[C@@H]1[C@H]1[C@@H]3C[C@H]([C@H]4O[C@H]34)[C@H]21. The van der Waals surface area contributed by atoms with Gasteiger partial charge in [-0.1, -0.05) is 6.08 Å². The van der Waals surface area contributed by atoms with E-state index in [1.807, 2.05) is 0 Å². The van der Waals surface area contributed by atoms with Gasteiger partial charge in [-0.3, -0.25) is 0 Å². The summed E-state index contributed by atoms with van der Waals surface area (Å²) in [6.07, 6.45) is 8.17. The number of fused-ring (bicyclic) bond motifs is 12. The van der Waals surface area contributed by atoms with Crippen LogP contribution in [0, 0.1) is 41.4 Å². The Morgan fingerprint density at radius 1 is 0.933 bits per heavy atom. The summed E-state index contributed by atoms with van der Waals surface area (Å²) in [5, 5.41) is 0. The zero-order chi connectivity index (χ0) is 9.73. The maximum absolute atomic E-state index is 5.84. The first-order valence-corrected chi connectivity index (χ1v) is 6.66. The first kappa shape index (κ1) is 7.89. The van der Waals surface area contributed by atoms with E-state index < -0.39 is 0 Å². The third-order valence-corrected chi connectivity index (χ3v) is 6.42. The molecule has 4 saturated carbocycles. The van der Waals surface area contributed by atoms with Crippen LogP contribution in [-0.4, -0.2) is 12.2 Å². The van der Waals surface area contributed by atoms with Gasteiger partial charge >= 0.3 is 0 Å².